The van der Waals surface area contributed by atoms with Crippen LogP contribution in [0.4, 0.5) is 4.39 Å². The van der Waals surface area contributed by atoms with Crippen molar-refractivity contribution in [2.24, 2.45) is 0 Å². The van der Waals surface area contributed by atoms with Crippen molar-refractivity contribution < 1.29 is 23.4 Å². The van der Waals surface area contributed by atoms with Gasteiger partial charge in [-0.25, -0.2) is 9.18 Å². The van der Waals surface area contributed by atoms with Gasteiger partial charge in [0.05, 0.1) is 0 Å². The molecule has 23 heavy (non-hydrogen) atoms. The van der Waals surface area contributed by atoms with Crippen LogP contribution in [-0.4, -0.2) is 24.3 Å². The number of halogens is 1. The molecule has 2 rings (SSSR count). The SMILES string of the molecule is CSCOC(=O)[C@@H](C)Oc1ccc(Oc2ccc(F)cc2)cc1. The average Bonchev–Trinajstić information content (AvgIpc) is 2.56. The van der Waals surface area contributed by atoms with Crippen molar-refractivity contribution in [3.63, 3.8) is 0 Å². The summed E-state index contributed by atoms with van der Waals surface area (Å²) in [7, 11) is 0. The van der Waals surface area contributed by atoms with Crippen LogP contribution in [0.2, 0.25) is 0 Å². The maximum atomic E-state index is 12.8. The minimum absolute atomic E-state index is 0.303. The highest BCUT2D eigenvalue weighted by atomic mass is 32.2. The first-order valence-electron chi connectivity index (χ1n) is 6.94. The summed E-state index contributed by atoms with van der Waals surface area (Å²) in [6.07, 6.45) is 1.16. The van der Waals surface area contributed by atoms with Crippen LogP contribution in [0.15, 0.2) is 48.5 Å². The average molecular weight is 336 g/mol. The van der Waals surface area contributed by atoms with E-state index in [-0.39, 0.29) is 5.82 Å². The van der Waals surface area contributed by atoms with Crippen molar-refractivity contribution in [2.45, 2.75) is 13.0 Å². The minimum atomic E-state index is -0.689. The third-order valence-electron chi connectivity index (χ3n) is 2.84. The molecule has 1 atom stereocenters. The van der Waals surface area contributed by atoms with Crippen LogP contribution in [0.3, 0.4) is 0 Å². The van der Waals surface area contributed by atoms with Gasteiger partial charge in [-0.15, -0.1) is 11.8 Å². The fraction of sp³-hybridized carbons (Fsp3) is 0.235. The quantitative estimate of drug-likeness (QED) is 0.559. The van der Waals surface area contributed by atoms with Crippen molar-refractivity contribution in [1.29, 1.82) is 0 Å². The first-order chi connectivity index (χ1) is 11.1. The Morgan fingerprint density at radius 3 is 2.13 bits per heavy atom. The summed E-state index contributed by atoms with van der Waals surface area (Å²) >= 11 is 1.42. The van der Waals surface area contributed by atoms with Gasteiger partial charge in [-0.05, 0) is 61.7 Å². The van der Waals surface area contributed by atoms with E-state index in [0.29, 0.717) is 23.2 Å². The van der Waals surface area contributed by atoms with Crippen LogP contribution < -0.4 is 9.47 Å². The fourth-order valence-corrected chi connectivity index (χ4v) is 1.95. The summed E-state index contributed by atoms with van der Waals surface area (Å²) in [6, 6.07) is 12.5. The maximum absolute atomic E-state index is 12.8. The highest BCUT2D eigenvalue weighted by Gasteiger charge is 2.16. The number of ether oxygens (including phenoxy) is 3. The minimum Gasteiger partial charge on any atom is -0.479 e. The Bertz CT molecular complexity index is 628. The molecular weight excluding hydrogens is 319 g/mol. The van der Waals surface area contributed by atoms with Gasteiger partial charge in [0, 0.05) is 0 Å². The molecule has 0 aliphatic carbocycles. The third-order valence-corrected chi connectivity index (χ3v) is 3.19. The largest absolute Gasteiger partial charge is 0.479 e. The van der Waals surface area contributed by atoms with E-state index >= 15 is 0 Å². The van der Waals surface area contributed by atoms with E-state index in [1.165, 1.54) is 23.9 Å². The molecule has 0 unspecified atom stereocenters. The van der Waals surface area contributed by atoms with Gasteiger partial charge in [-0.3, -0.25) is 0 Å². The summed E-state index contributed by atoms with van der Waals surface area (Å²) in [4.78, 5) is 11.6. The van der Waals surface area contributed by atoms with E-state index in [1.807, 2.05) is 6.26 Å². The first kappa shape index (κ1) is 17.1. The van der Waals surface area contributed by atoms with E-state index in [2.05, 4.69) is 0 Å². The standard InChI is InChI=1S/C17H17FO4S/c1-12(17(19)20-11-23-2)21-14-7-9-16(10-8-14)22-15-5-3-13(18)4-6-15/h3-10,12H,11H2,1-2H3/t12-/m1/s1. The van der Waals surface area contributed by atoms with Crippen molar-refractivity contribution in [2.75, 3.05) is 12.2 Å². The Balaban J connectivity index is 1.91. The summed E-state index contributed by atoms with van der Waals surface area (Å²) in [5.74, 6) is 1.23. The van der Waals surface area contributed by atoms with Gasteiger partial charge in [-0.1, -0.05) is 0 Å². The first-order valence-corrected chi connectivity index (χ1v) is 8.33. The molecule has 0 aliphatic heterocycles. The van der Waals surface area contributed by atoms with Gasteiger partial charge in [0.25, 0.3) is 0 Å². The second kappa shape index (κ2) is 8.43. The van der Waals surface area contributed by atoms with Crippen LogP contribution in [-0.2, 0) is 9.53 Å². The Kier molecular flexibility index (Phi) is 6.29. The molecule has 0 bridgehead atoms. The zero-order valence-corrected chi connectivity index (χ0v) is 13.6. The number of carbonyl (C=O) groups excluding carboxylic acids is 1. The third kappa shape index (κ3) is 5.49. The molecule has 122 valence electrons. The monoisotopic (exact) mass is 336 g/mol. The molecule has 0 amide bonds. The van der Waals surface area contributed by atoms with Crippen molar-refractivity contribution in [3.8, 4) is 17.2 Å². The predicted molar refractivity (Wildman–Crippen MR) is 87.5 cm³/mol. The van der Waals surface area contributed by atoms with Gasteiger partial charge in [-0.2, -0.15) is 0 Å². The Morgan fingerprint density at radius 2 is 1.57 bits per heavy atom. The molecule has 0 aliphatic rings. The Labute approximate surface area is 138 Å². The van der Waals surface area contributed by atoms with Crippen molar-refractivity contribution >= 4 is 17.7 Å². The molecule has 0 fully saturated rings. The van der Waals surface area contributed by atoms with E-state index in [4.69, 9.17) is 14.2 Å². The second-order valence-corrected chi connectivity index (χ2v) is 5.47. The molecule has 0 aromatic heterocycles. The highest BCUT2D eigenvalue weighted by Crippen LogP contribution is 2.24. The lowest BCUT2D eigenvalue weighted by Crippen LogP contribution is -2.25. The normalized spacial score (nSPS) is 11.6. The molecule has 2 aromatic carbocycles. The topological polar surface area (TPSA) is 44.8 Å². The van der Waals surface area contributed by atoms with Crippen LogP contribution in [0.1, 0.15) is 6.92 Å². The molecule has 4 nitrogen and oxygen atoms in total. The molecule has 0 radical (unpaired) electrons. The fourth-order valence-electron chi connectivity index (χ4n) is 1.71. The summed E-state index contributed by atoms with van der Waals surface area (Å²) in [6.45, 7) is 1.63. The maximum Gasteiger partial charge on any atom is 0.347 e. The second-order valence-electron chi connectivity index (χ2n) is 4.66. The molecule has 0 heterocycles. The van der Waals surface area contributed by atoms with E-state index < -0.39 is 12.1 Å². The highest BCUT2D eigenvalue weighted by molar-refractivity contribution is 7.98. The number of esters is 1. The van der Waals surface area contributed by atoms with Crippen molar-refractivity contribution in [3.05, 3.63) is 54.3 Å². The Hall–Kier alpha value is -2.21. The van der Waals surface area contributed by atoms with Crippen LogP contribution in [0.25, 0.3) is 0 Å². The van der Waals surface area contributed by atoms with Gasteiger partial charge >= 0.3 is 5.97 Å². The van der Waals surface area contributed by atoms with Crippen LogP contribution >= 0.6 is 11.8 Å². The van der Waals surface area contributed by atoms with E-state index in [0.717, 1.165) is 0 Å². The smallest absolute Gasteiger partial charge is 0.347 e. The summed E-state index contributed by atoms with van der Waals surface area (Å²) < 4.78 is 28.9. The predicted octanol–water partition coefficient (Wildman–Crippen LogP) is 4.25. The Morgan fingerprint density at radius 1 is 1.04 bits per heavy atom. The lowest BCUT2D eigenvalue weighted by Gasteiger charge is -2.14. The van der Waals surface area contributed by atoms with Gasteiger partial charge in [0.2, 0.25) is 0 Å². The lowest BCUT2D eigenvalue weighted by atomic mass is 10.3. The molecule has 2 aromatic rings. The van der Waals surface area contributed by atoms with E-state index in [9.17, 15) is 9.18 Å². The van der Waals surface area contributed by atoms with Gasteiger partial charge < -0.3 is 14.2 Å². The number of hydrogen-bond donors (Lipinski definition) is 0. The van der Waals surface area contributed by atoms with Crippen molar-refractivity contribution in [1.82, 2.24) is 0 Å². The molecule has 0 N–H and O–H groups in total. The zero-order valence-electron chi connectivity index (χ0n) is 12.8. The molecule has 0 spiro atoms. The summed E-state index contributed by atoms with van der Waals surface area (Å²) in [5, 5.41) is 0. The number of benzene rings is 2. The number of carbonyl (C=O) groups is 1. The van der Waals surface area contributed by atoms with Crippen LogP contribution in [0, 0.1) is 5.82 Å². The molecule has 0 saturated heterocycles. The number of thioether (sulfide) groups is 1. The number of hydrogen-bond acceptors (Lipinski definition) is 5. The van der Waals surface area contributed by atoms with Crippen LogP contribution in [0.5, 0.6) is 17.2 Å². The van der Waals surface area contributed by atoms with E-state index in [1.54, 1.807) is 43.3 Å². The zero-order chi connectivity index (χ0) is 16.7. The molecule has 6 heteroatoms. The van der Waals surface area contributed by atoms with Gasteiger partial charge in [0.15, 0.2) is 6.10 Å². The number of rotatable bonds is 7. The molecule has 0 saturated carbocycles. The van der Waals surface area contributed by atoms with Gasteiger partial charge in [0.1, 0.15) is 29.0 Å². The summed E-state index contributed by atoms with van der Waals surface area (Å²) in [5.41, 5.74) is 0. The lowest BCUT2D eigenvalue weighted by molar-refractivity contribution is -0.148. The molecular formula is C17H17FO4S.